The predicted octanol–water partition coefficient (Wildman–Crippen LogP) is 1.15. The third-order valence-corrected chi connectivity index (χ3v) is 5.10. The van der Waals surface area contributed by atoms with Gasteiger partial charge in [-0.1, -0.05) is 13.8 Å². The van der Waals surface area contributed by atoms with Gasteiger partial charge >= 0.3 is 16.1 Å². The normalized spacial score (nSPS) is 11.7. The largest absolute Gasteiger partial charge is 0.346 e. The van der Waals surface area contributed by atoms with Crippen molar-refractivity contribution in [1.82, 2.24) is 28.9 Å². The summed E-state index contributed by atoms with van der Waals surface area (Å²) < 4.78 is 27.3. The van der Waals surface area contributed by atoms with Crippen LogP contribution in [-0.2, 0) is 22.9 Å². The van der Waals surface area contributed by atoms with Crippen LogP contribution in [-0.4, -0.2) is 56.4 Å². The third kappa shape index (κ3) is 3.18. The summed E-state index contributed by atoms with van der Waals surface area (Å²) in [6, 6.07) is 1.33. The number of aryl methyl sites for hydroxylation is 2. The molecule has 132 valence electrons. The summed E-state index contributed by atoms with van der Waals surface area (Å²) in [5, 5.41) is 7.52. The zero-order chi connectivity index (χ0) is 17.9. The number of rotatable bonds is 6. The molecule has 0 atom stereocenters. The van der Waals surface area contributed by atoms with Gasteiger partial charge in [-0.2, -0.15) is 22.3 Å². The fourth-order valence-electron chi connectivity index (χ4n) is 2.25. The van der Waals surface area contributed by atoms with Gasteiger partial charge < -0.3 is 4.90 Å². The molecule has 0 spiro atoms. The van der Waals surface area contributed by atoms with Crippen LogP contribution in [0.1, 0.15) is 39.1 Å². The average Bonchev–Trinajstić information content (AvgIpc) is 3.23. The van der Waals surface area contributed by atoms with Crippen LogP contribution in [0, 0.1) is 0 Å². The molecule has 0 aliphatic heterocycles. The Morgan fingerprint density at radius 2 is 1.79 bits per heavy atom. The van der Waals surface area contributed by atoms with Crippen LogP contribution in [0.4, 0.5) is 4.79 Å². The fourth-order valence-corrected chi connectivity index (χ4v) is 3.48. The van der Waals surface area contributed by atoms with E-state index in [9.17, 15) is 13.2 Å². The molecule has 2 aromatic rings. The summed E-state index contributed by atoms with van der Waals surface area (Å²) in [4.78, 5) is 17.5. The first-order valence-electron chi connectivity index (χ1n) is 7.93. The molecule has 0 bridgehead atoms. The van der Waals surface area contributed by atoms with Crippen LogP contribution in [0.3, 0.4) is 0 Å². The van der Waals surface area contributed by atoms with Gasteiger partial charge in [0.1, 0.15) is 6.33 Å². The highest BCUT2D eigenvalue weighted by Gasteiger charge is 2.27. The molecule has 10 heteroatoms. The molecule has 0 N–H and O–H groups in total. The highest BCUT2D eigenvalue weighted by molar-refractivity contribution is 7.89. The van der Waals surface area contributed by atoms with E-state index in [1.54, 1.807) is 6.07 Å². The quantitative estimate of drug-likeness (QED) is 0.771. The maximum absolute atomic E-state index is 12.7. The van der Waals surface area contributed by atoms with Crippen molar-refractivity contribution in [2.24, 2.45) is 0 Å². The van der Waals surface area contributed by atoms with Gasteiger partial charge in [-0.05, 0) is 32.8 Å². The number of amides is 1. The summed E-state index contributed by atoms with van der Waals surface area (Å²) in [5.41, 5.74) is 1.23. The first-order valence-corrected chi connectivity index (χ1v) is 9.37. The van der Waals surface area contributed by atoms with Crippen molar-refractivity contribution in [2.45, 2.75) is 45.7 Å². The Morgan fingerprint density at radius 1 is 1.12 bits per heavy atom. The van der Waals surface area contributed by atoms with Crippen LogP contribution in [0.25, 0.3) is 0 Å². The fraction of sp³-hybridized carbons (Fsp3) is 0.571. The minimum absolute atomic E-state index is 0.417. The molecule has 0 aliphatic rings. The second kappa shape index (κ2) is 7.12. The summed E-state index contributed by atoms with van der Waals surface area (Å²) in [6.07, 6.45) is 2.24. The monoisotopic (exact) mass is 354 g/mol. The van der Waals surface area contributed by atoms with E-state index in [1.807, 2.05) is 27.7 Å². The Kier molecular flexibility index (Phi) is 5.37. The topological polar surface area (TPSA) is 103 Å². The number of carbonyl (C=O) groups is 1. The lowest BCUT2D eigenvalue weighted by Gasteiger charge is -2.17. The van der Waals surface area contributed by atoms with Crippen molar-refractivity contribution in [2.75, 3.05) is 13.1 Å². The zero-order valence-electron chi connectivity index (χ0n) is 14.3. The Hall–Kier alpha value is -2.23. The summed E-state index contributed by atoms with van der Waals surface area (Å²) >= 11 is 0. The predicted molar refractivity (Wildman–Crippen MR) is 87.3 cm³/mol. The zero-order valence-corrected chi connectivity index (χ0v) is 15.1. The number of hydrogen-bond acceptors (Lipinski definition) is 6. The molecular formula is C14H22N6O3S. The Bertz CT molecular complexity index is 819. The highest BCUT2D eigenvalue weighted by Crippen LogP contribution is 2.14. The maximum Gasteiger partial charge on any atom is 0.346 e. The summed E-state index contributed by atoms with van der Waals surface area (Å²) in [6.45, 7) is 8.40. The lowest BCUT2D eigenvalue weighted by atomic mass is 10.3. The molecule has 0 aromatic carbocycles. The first kappa shape index (κ1) is 18.1. The number of aromatic nitrogens is 5. The van der Waals surface area contributed by atoms with E-state index < -0.39 is 21.2 Å². The minimum atomic E-state index is -4.03. The molecule has 2 aromatic heterocycles. The van der Waals surface area contributed by atoms with Crippen LogP contribution < -0.4 is 0 Å². The van der Waals surface area contributed by atoms with E-state index in [2.05, 4.69) is 15.2 Å². The molecule has 0 saturated carbocycles. The van der Waals surface area contributed by atoms with Crippen molar-refractivity contribution in [3.63, 3.8) is 0 Å². The van der Waals surface area contributed by atoms with Crippen molar-refractivity contribution in [3.05, 3.63) is 23.8 Å². The third-order valence-electron chi connectivity index (χ3n) is 3.68. The van der Waals surface area contributed by atoms with Gasteiger partial charge in [-0.3, -0.25) is 0 Å². The van der Waals surface area contributed by atoms with Crippen molar-refractivity contribution in [3.8, 4) is 0 Å². The Morgan fingerprint density at radius 3 is 2.33 bits per heavy atom. The molecule has 0 aliphatic carbocycles. The first-order chi connectivity index (χ1) is 11.4. The lowest BCUT2D eigenvalue weighted by Crippen LogP contribution is -2.34. The van der Waals surface area contributed by atoms with Crippen LogP contribution in [0.15, 0.2) is 17.6 Å². The SMILES string of the molecule is CCc1cc(CC)n(S(=O)(=O)c2ncn(C(=O)N(CC)CC)n2)n1. The van der Waals surface area contributed by atoms with Crippen molar-refractivity contribution < 1.29 is 13.2 Å². The molecule has 0 fully saturated rings. The Balaban J connectivity index is 2.41. The molecule has 1 amide bonds. The molecular weight excluding hydrogens is 332 g/mol. The maximum atomic E-state index is 12.7. The molecule has 2 rings (SSSR count). The molecule has 9 nitrogen and oxygen atoms in total. The van der Waals surface area contributed by atoms with E-state index in [1.165, 1.54) is 4.90 Å². The number of hydrogen-bond donors (Lipinski definition) is 0. The van der Waals surface area contributed by atoms with Crippen LogP contribution in [0.5, 0.6) is 0 Å². The summed E-state index contributed by atoms with van der Waals surface area (Å²) in [5.74, 6) is 0. The lowest BCUT2D eigenvalue weighted by molar-refractivity contribution is 0.201. The second-order valence-electron chi connectivity index (χ2n) is 5.11. The van der Waals surface area contributed by atoms with E-state index in [0.717, 1.165) is 15.1 Å². The van der Waals surface area contributed by atoms with E-state index in [-0.39, 0.29) is 0 Å². The number of carbonyl (C=O) groups excluding carboxylic acids is 1. The molecule has 24 heavy (non-hydrogen) atoms. The van der Waals surface area contributed by atoms with Crippen LogP contribution >= 0.6 is 0 Å². The van der Waals surface area contributed by atoms with Crippen molar-refractivity contribution >= 4 is 16.1 Å². The average molecular weight is 354 g/mol. The van der Waals surface area contributed by atoms with Gasteiger partial charge in [0, 0.05) is 13.1 Å². The Labute approximate surface area is 141 Å². The van der Waals surface area contributed by atoms with Crippen LogP contribution in [0.2, 0.25) is 0 Å². The number of nitrogens with zero attached hydrogens (tertiary/aromatic N) is 6. The molecule has 2 heterocycles. The van der Waals surface area contributed by atoms with Crippen molar-refractivity contribution in [1.29, 1.82) is 0 Å². The van der Waals surface area contributed by atoms with Gasteiger partial charge in [0.25, 0.3) is 5.16 Å². The van der Waals surface area contributed by atoms with Gasteiger partial charge in [0.2, 0.25) is 0 Å². The van der Waals surface area contributed by atoms with E-state index in [4.69, 9.17) is 0 Å². The summed E-state index contributed by atoms with van der Waals surface area (Å²) in [7, 11) is -4.03. The smallest absolute Gasteiger partial charge is 0.323 e. The highest BCUT2D eigenvalue weighted by atomic mass is 32.2. The standard InChI is InChI=1S/C14H22N6O3S/c1-5-11-9-12(6-2)20(16-11)24(22,23)13-15-10-19(17-13)14(21)18(7-3)8-4/h9-10H,5-8H2,1-4H3. The molecule has 0 radical (unpaired) electrons. The van der Waals surface area contributed by atoms with E-state index >= 15 is 0 Å². The van der Waals surface area contributed by atoms with Gasteiger partial charge in [0.15, 0.2) is 0 Å². The molecule has 0 saturated heterocycles. The second-order valence-corrected chi connectivity index (χ2v) is 6.77. The molecule has 0 unspecified atom stereocenters. The van der Waals surface area contributed by atoms with Gasteiger partial charge in [-0.25, -0.2) is 9.78 Å². The van der Waals surface area contributed by atoms with Gasteiger partial charge in [-0.15, -0.1) is 5.10 Å². The van der Waals surface area contributed by atoms with E-state index in [0.29, 0.717) is 37.3 Å². The van der Waals surface area contributed by atoms with Gasteiger partial charge in [0.05, 0.1) is 11.4 Å². The minimum Gasteiger partial charge on any atom is -0.323 e.